The van der Waals surface area contributed by atoms with Gasteiger partial charge in [0.25, 0.3) is 0 Å². The molecule has 0 amide bonds. The summed E-state index contributed by atoms with van der Waals surface area (Å²) in [5.41, 5.74) is 1.19. The Morgan fingerprint density at radius 3 is 2.87 bits per heavy atom. The van der Waals surface area contributed by atoms with E-state index in [0.29, 0.717) is 0 Å². The molecule has 82 valence electrons. The topological polar surface area (TPSA) is 24.9 Å². The highest BCUT2D eigenvalue weighted by molar-refractivity contribution is 5.03. The maximum Gasteiger partial charge on any atom is 0.0416 e. The van der Waals surface area contributed by atoms with Gasteiger partial charge in [-0.3, -0.25) is 4.98 Å². The van der Waals surface area contributed by atoms with Crippen LogP contribution >= 0.6 is 0 Å². The van der Waals surface area contributed by atoms with Crippen LogP contribution in [0.5, 0.6) is 0 Å². The molecule has 0 atom stereocenters. The third-order valence-electron chi connectivity index (χ3n) is 3.24. The lowest BCUT2D eigenvalue weighted by Gasteiger charge is -2.25. The first-order valence-corrected chi connectivity index (χ1v) is 6.06. The molecule has 1 aromatic heterocycles. The third-order valence-corrected chi connectivity index (χ3v) is 3.24. The van der Waals surface area contributed by atoms with Crippen molar-refractivity contribution >= 4 is 0 Å². The number of rotatable bonds is 6. The first-order valence-electron chi connectivity index (χ1n) is 6.06. The van der Waals surface area contributed by atoms with Crippen molar-refractivity contribution in [2.24, 2.45) is 5.92 Å². The van der Waals surface area contributed by atoms with Gasteiger partial charge < -0.3 is 5.32 Å². The standard InChI is InChI=1S/C13H20N2/c1-2-9-15-13(6-1)8-11-14-10-7-12-4-3-5-12/h1-2,6,9,12,14H,3-5,7-8,10-11H2. The highest BCUT2D eigenvalue weighted by Gasteiger charge is 2.15. The number of pyridine rings is 1. The SMILES string of the molecule is c1ccc(CCNCCC2CCC2)nc1. The summed E-state index contributed by atoms with van der Waals surface area (Å²) in [6, 6.07) is 6.11. The summed E-state index contributed by atoms with van der Waals surface area (Å²) in [5, 5.41) is 3.49. The Kier molecular flexibility index (Phi) is 4.15. The molecule has 2 heteroatoms. The van der Waals surface area contributed by atoms with E-state index in [4.69, 9.17) is 0 Å². The van der Waals surface area contributed by atoms with Crippen LogP contribution in [0.3, 0.4) is 0 Å². The van der Waals surface area contributed by atoms with Crippen LogP contribution < -0.4 is 5.32 Å². The summed E-state index contributed by atoms with van der Waals surface area (Å²) >= 11 is 0. The highest BCUT2D eigenvalue weighted by atomic mass is 14.8. The normalized spacial score (nSPS) is 16.3. The Hall–Kier alpha value is -0.890. The van der Waals surface area contributed by atoms with Crippen molar-refractivity contribution in [3.8, 4) is 0 Å². The lowest BCUT2D eigenvalue weighted by molar-refractivity contribution is 0.292. The maximum absolute atomic E-state index is 4.30. The van der Waals surface area contributed by atoms with Crippen LogP contribution in [0, 0.1) is 5.92 Å². The molecule has 1 aromatic rings. The molecule has 2 nitrogen and oxygen atoms in total. The molecule has 1 heterocycles. The zero-order valence-corrected chi connectivity index (χ0v) is 9.28. The zero-order valence-electron chi connectivity index (χ0n) is 9.28. The molecule has 0 bridgehead atoms. The van der Waals surface area contributed by atoms with Gasteiger partial charge in [0, 0.05) is 24.9 Å². The molecule has 1 N–H and O–H groups in total. The number of nitrogens with one attached hydrogen (secondary N) is 1. The second kappa shape index (κ2) is 5.86. The minimum atomic E-state index is 1.02. The van der Waals surface area contributed by atoms with Gasteiger partial charge in [-0.05, 0) is 31.0 Å². The van der Waals surface area contributed by atoms with E-state index in [9.17, 15) is 0 Å². The van der Waals surface area contributed by atoms with E-state index in [1.54, 1.807) is 0 Å². The molecular weight excluding hydrogens is 184 g/mol. The summed E-state index contributed by atoms with van der Waals surface area (Å²) in [6.07, 6.45) is 8.65. The Morgan fingerprint density at radius 2 is 2.20 bits per heavy atom. The molecule has 15 heavy (non-hydrogen) atoms. The van der Waals surface area contributed by atoms with E-state index < -0.39 is 0 Å². The highest BCUT2D eigenvalue weighted by Crippen LogP contribution is 2.28. The van der Waals surface area contributed by atoms with Crippen molar-refractivity contribution in [1.29, 1.82) is 0 Å². The number of aromatic nitrogens is 1. The first-order chi connectivity index (χ1) is 7.45. The van der Waals surface area contributed by atoms with Crippen LogP contribution in [0.25, 0.3) is 0 Å². The molecule has 0 aromatic carbocycles. The lowest BCUT2D eigenvalue weighted by atomic mass is 9.83. The van der Waals surface area contributed by atoms with Gasteiger partial charge in [-0.1, -0.05) is 25.3 Å². The fourth-order valence-corrected chi connectivity index (χ4v) is 1.98. The van der Waals surface area contributed by atoms with Gasteiger partial charge in [-0.2, -0.15) is 0 Å². The molecular formula is C13H20N2. The summed E-state index contributed by atoms with van der Waals surface area (Å²) in [4.78, 5) is 4.30. The smallest absolute Gasteiger partial charge is 0.0416 e. The van der Waals surface area contributed by atoms with E-state index in [-0.39, 0.29) is 0 Å². The van der Waals surface area contributed by atoms with Gasteiger partial charge in [0.1, 0.15) is 0 Å². The Labute approximate surface area is 92.1 Å². The van der Waals surface area contributed by atoms with Crippen molar-refractivity contribution in [3.63, 3.8) is 0 Å². The van der Waals surface area contributed by atoms with E-state index in [0.717, 1.165) is 18.9 Å². The van der Waals surface area contributed by atoms with Crippen LogP contribution in [0.15, 0.2) is 24.4 Å². The number of hydrogen-bond donors (Lipinski definition) is 1. The molecule has 1 aliphatic rings. The molecule has 2 rings (SSSR count). The largest absolute Gasteiger partial charge is 0.316 e. The summed E-state index contributed by atoms with van der Waals surface area (Å²) in [6.45, 7) is 2.24. The lowest BCUT2D eigenvalue weighted by Crippen LogP contribution is -2.23. The van der Waals surface area contributed by atoms with E-state index in [1.807, 2.05) is 12.3 Å². The number of nitrogens with zero attached hydrogens (tertiary/aromatic N) is 1. The van der Waals surface area contributed by atoms with Crippen LogP contribution in [0.4, 0.5) is 0 Å². The van der Waals surface area contributed by atoms with Crippen LogP contribution in [-0.4, -0.2) is 18.1 Å². The quantitative estimate of drug-likeness (QED) is 0.720. The molecule has 0 radical (unpaired) electrons. The molecule has 1 aliphatic carbocycles. The summed E-state index contributed by atoms with van der Waals surface area (Å²) in [5.74, 6) is 1.02. The predicted octanol–water partition coefficient (Wildman–Crippen LogP) is 2.40. The van der Waals surface area contributed by atoms with Crippen molar-refractivity contribution in [2.75, 3.05) is 13.1 Å². The fraction of sp³-hybridized carbons (Fsp3) is 0.615. The fourth-order valence-electron chi connectivity index (χ4n) is 1.98. The van der Waals surface area contributed by atoms with Crippen LogP contribution in [0.2, 0.25) is 0 Å². The molecule has 1 saturated carbocycles. The monoisotopic (exact) mass is 204 g/mol. The molecule has 0 aliphatic heterocycles. The Balaban J connectivity index is 1.51. The summed E-state index contributed by atoms with van der Waals surface area (Å²) < 4.78 is 0. The van der Waals surface area contributed by atoms with Crippen molar-refractivity contribution in [1.82, 2.24) is 10.3 Å². The predicted molar refractivity (Wildman–Crippen MR) is 62.8 cm³/mol. The van der Waals surface area contributed by atoms with Crippen molar-refractivity contribution in [2.45, 2.75) is 32.1 Å². The van der Waals surface area contributed by atoms with Gasteiger partial charge in [-0.25, -0.2) is 0 Å². The zero-order chi connectivity index (χ0) is 10.3. The van der Waals surface area contributed by atoms with Crippen molar-refractivity contribution in [3.05, 3.63) is 30.1 Å². The van der Waals surface area contributed by atoms with Crippen LogP contribution in [0.1, 0.15) is 31.4 Å². The second-order valence-electron chi connectivity index (χ2n) is 4.41. The first kappa shape index (κ1) is 10.6. The van der Waals surface area contributed by atoms with Gasteiger partial charge in [0.05, 0.1) is 0 Å². The third kappa shape index (κ3) is 3.63. The van der Waals surface area contributed by atoms with Gasteiger partial charge in [0.15, 0.2) is 0 Å². The average Bonchev–Trinajstić information content (AvgIpc) is 2.22. The minimum absolute atomic E-state index is 1.02. The molecule has 1 fully saturated rings. The van der Waals surface area contributed by atoms with E-state index in [1.165, 1.54) is 37.9 Å². The van der Waals surface area contributed by atoms with Gasteiger partial charge in [0.2, 0.25) is 0 Å². The van der Waals surface area contributed by atoms with Crippen molar-refractivity contribution < 1.29 is 0 Å². The average molecular weight is 204 g/mol. The Morgan fingerprint density at radius 1 is 1.27 bits per heavy atom. The summed E-state index contributed by atoms with van der Waals surface area (Å²) in [7, 11) is 0. The van der Waals surface area contributed by atoms with Crippen LogP contribution in [-0.2, 0) is 6.42 Å². The maximum atomic E-state index is 4.30. The Bertz CT molecular complexity index is 267. The number of hydrogen-bond acceptors (Lipinski definition) is 2. The van der Waals surface area contributed by atoms with E-state index in [2.05, 4.69) is 22.4 Å². The molecule has 0 unspecified atom stereocenters. The van der Waals surface area contributed by atoms with Gasteiger partial charge in [-0.15, -0.1) is 0 Å². The molecule has 0 spiro atoms. The van der Waals surface area contributed by atoms with Gasteiger partial charge >= 0.3 is 0 Å². The second-order valence-corrected chi connectivity index (χ2v) is 4.41. The van der Waals surface area contributed by atoms with E-state index >= 15 is 0 Å². The minimum Gasteiger partial charge on any atom is -0.316 e. The molecule has 0 saturated heterocycles.